The Kier molecular flexibility index (Phi) is 5.58. The van der Waals surface area contributed by atoms with Crippen LogP contribution in [0.25, 0.3) is 0 Å². The van der Waals surface area contributed by atoms with Crippen molar-refractivity contribution in [2.45, 2.75) is 13.0 Å². The van der Waals surface area contributed by atoms with Gasteiger partial charge in [-0.3, -0.25) is 0 Å². The van der Waals surface area contributed by atoms with Gasteiger partial charge in [0.2, 0.25) is 0 Å². The lowest BCUT2D eigenvalue weighted by Gasteiger charge is -2.25. The maximum absolute atomic E-state index is 13.4. The summed E-state index contributed by atoms with van der Waals surface area (Å²) in [5.41, 5.74) is 7.62. The molecular formula is C17H21FN2O. The van der Waals surface area contributed by atoms with Crippen LogP contribution in [-0.2, 0) is 6.54 Å². The molecule has 21 heavy (non-hydrogen) atoms. The van der Waals surface area contributed by atoms with Crippen LogP contribution in [0.15, 0.2) is 48.5 Å². The molecule has 4 heteroatoms. The third kappa shape index (κ3) is 4.46. The van der Waals surface area contributed by atoms with Crippen molar-refractivity contribution >= 4 is 5.69 Å². The number of rotatable bonds is 7. The average molecular weight is 288 g/mol. The molecule has 0 unspecified atom stereocenters. The number of halogens is 1. The summed E-state index contributed by atoms with van der Waals surface area (Å²) < 4.78 is 18.6. The van der Waals surface area contributed by atoms with E-state index in [1.54, 1.807) is 19.2 Å². The minimum Gasteiger partial charge on any atom is -0.497 e. The molecule has 0 radical (unpaired) electrons. The first-order valence-electron chi connectivity index (χ1n) is 7.06. The van der Waals surface area contributed by atoms with Crippen molar-refractivity contribution in [3.05, 3.63) is 59.9 Å². The van der Waals surface area contributed by atoms with Gasteiger partial charge in [0.05, 0.1) is 7.11 Å². The van der Waals surface area contributed by atoms with E-state index in [2.05, 4.69) is 4.90 Å². The minimum absolute atomic E-state index is 0.222. The molecule has 0 fully saturated rings. The Labute approximate surface area is 125 Å². The first-order valence-corrected chi connectivity index (χ1v) is 7.06. The van der Waals surface area contributed by atoms with Gasteiger partial charge in [-0.2, -0.15) is 0 Å². The summed E-state index contributed by atoms with van der Waals surface area (Å²) in [6.45, 7) is 2.13. The maximum Gasteiger partial charge on any atom is 0.125 e. The summed E-state index contributed by atoms with van der Waals surface area (Å²) in [5.74, 6) is 0.609. The van der Waals surface area contributed by atoms with Crippen LogP contribution in [0.5, 0.6) is 5.75 Å². The van der Waals surface area contributed by atoms with Gasteiger partial charge in [-0.15, -0.1) is 0 Å². The Morgan fingerprint density at radius 3 is 2.52 bits per heavy atom. The van der Waals surface area contributed by atoms with Crippen molar-refractivity contribution in [2.75, 3.05) is 25.1 Å². The third-order valence-electron chi connectivity index (χ3n) is 3.34. The van der Waals surface area contributed by atoms with Crippen molar-refractivity contribution in [1.82, 2.24) is 0 Å². The van der Waals surface area contributed by atoms with Gasteiger partial charge >= 0.3 is 0 Å². The van der Waals surface area contributed by atoms with Crippen LogP contribution in [-0.4, -0.2) is 20.2 Å². The predicted octanol–water partition coefficient (Wildman–Crippen LogP) is 3.19. The fourth-order valence-electron chi connectivity index (χ4n) is 2.21. The summed E-state index contributed by atoms with van der Waals surface area (Å²) in [6.07, 6.45) is 0.868. The van der Waals surface area contributed by atoms with Crippen LogP contribution < -0.4 is 15.4 Å². The number of nitrogens with two attached hydrogens (primary N) is 1. The zero-order valence-corrected chi connectivity index (χ0v) is 12.3. The fourth-order valence-corrected chi connectivity index (χ4v) is 2.21. The Hall–Kier alpha value is -2.07. The van der Waals surface area contributed by atoms with E-state index in [9.17, 15) is 4.39 Å². The lowest BCUT2D eigenvalue weighted by atomic mass is 10.1. The van der Waals surface area contributed by atoms with E-state index in [4.69, 9.17) is 10.5 Å². The van der Waals surface area contributed by atoms with Crippen LogP contribution in [0.4, 0.5) is 10.1 Å². The SMILES string of the molecule is COc1ccc(CN(CCCN)c2cccc(F)c2)cc1. The largest absolute Gasteiger partial charge is 0.497 e. The number of ether oxygens (including phenoxy) is 1. The van der Waals surface area contributed by atoms with Gasteiger partial charge in [-0.25, -0.2) is 4.39 Å². The van der Waals surface area contributed by atoms with Gasteiger partial charge in [-0.1, -0.05) is 18.2 Å². The highest BCUT2D eigenvalue weighted by Gasteiger charge is 2.08. The fraction of sp³-hybridized carbons (Fsp3) is 0.294. The Morgan fingerprint density at radius 1 is 1.14 bits per heavy atom. The van der Waals surface area contributed by atoms with E-state index in [0.29, 0.717) is 13.1 Å². The van der Waals surface area contributed by atoms with Crippen LogP contribution in [0.2, 0.25) is 0 Å². The van der Waals surface area contributed by atoms with E-state index >= 15 is 0 Å². The Bertz CT molecular complexity index is 557. The molecule has 0 bridgehead atoms. The molecule has 2 rings (SSSR count). The van der Waals surface area contributed by atoms with E-state index in [1.165, 1.54) is 6.07 Å². The van der Waals surface area contributed by atoms with Crippen molar-refractivity contribution in [3.8, 4) is 5.75 Å². The number of methoxy groups -OCH3 is 1. The summed E-state index contributed by atoms with van der Waals surface area (Å²) in [7, 11) is 1.65. The molecular weight excluding hydrogens is 267 g/mol. The second-order valence-corrected chi connectivity index (χ2v) is 4.89. The zero-order chi connectivity index (χ0) is 15.1. The van der Waals surface area contributed by atoms with Crippen molar-refractivity contribution in [3.63, 3.8) is 0 Å². The topological polar surface area (TPSA) is 38.5 Å². The van der Waals surface area contributed by atoms with Crippen LogP contribution in [0, 0.1) is 5.82 Å². The maximum atomic E-state index is 13.4. The number of nitrogens with zero attached hydrogens (tertiary/aromatic N) is 1. The molecule has 112 valence electrons. The molecule has 0 atom stereocenters. The number of benzene rings is 2. The number of hydrogen-bond donors (Lipinski definition) is 1. The standard InChI is InChI=1S/C17H21FN2O/c1-21-17-8-6-14(7-9-17)13-20(11-3-10-19)16-5-2-4-15(18)12-16/h2,4-9,12H,3,10-11,13,19H2,1H3. The van der Waals surface area contributed by atoms with Crippen molar-refractivity contribution in [1.29, 1.82) is 0 Å². The molecule has 0 aliphatic heterocycles. The molecule has 2 N–H and O–H groups in total. The third-order valence-corrected chi connectivity index (χ3v) is 3.34. The van der Waals surface area contributed by atoms with Gasteiger partial charge in [0, 0.05) is 18.8 Å². The second kappa shape index (κ2) is 7.64. The highest BCUT2D eigenvalue weighted by Crippen LogP contribution is 2.20. The highest BCUT2D eigenvalue weighted by molar-refractivity contribution is 5.47. The van der Waals surface area contributed by atoms with E-state index < -0.39 is 0 Å². The first kappa shape index (κ1) is 15.3. The number of hydrogen-bond acceptors (Lipinski definition) is 3. The second-order valence-electron chi connectivity index (χ2n) is 4.89. The molecule has 2 aromatic rings. The van der Waals surface area contributed by atoms with E-state index in [0.717, 1.165) is 30.0 Å². The molecule has 0 aliphatic carbocycles. The summed E-state index contributed by atoms with van der Waals surface area (Å²) in [5, 5.41) is 0. The summed E-state index contributed by atoms with van der Waals surface area (Å²) in [6, 6.07) is 14.6. The molecule has 2 aromatic carbocycles. The molecule has 0 saturated heterocycles. The smallest absolute Gasteiger partial charge is 0.125 e. The molecule has 0 aliphatic rings. The monoisotopic (exact) mass is 288 g/mol. The molecule has 3 nitrogen and oxygen atoms in total. The molecule has 0 saturated carbocycles. The van der Waals surface area contributed by atoms with Gasteiger partial charge in [0.1, 0.15) is 11.6 Å². The van der Waals surface area contributed by atoms with Gasteiger partial charge < -0.3 is 15.4 Å². The molecule has 0 amide bonds. The lowest BCUT2D eigenvalue weighted by Crippen LogP contribution is -2.25. The Morgan fingerprint density at radius 2 is 1.90 bits per heavy atom. The molecule has 0 heterocycles. The molecule has 0 spiro atoms. The van der Waals surface area contributed by atoms with Crippen molar-refractivity contribution in [2.24, 2.45) is 5.73 Å². The van der Waals surface area contributed by atoms with E-state index in [-0.39, 0.29) is 5.82 Å². The quantitative estimate of drug-likeness (QED) is 0.850. The molecule has 0 aromatic heterocycles. The van der Waals surface area contributed by atoms with Crippen LogP contribution >= 0.6 is 0 Å². The average Bonchev–Trinajstić information content (AvgIpc) is 2.52. The van der Waals surface area contributed by atoms with Gasteiger partial charge in [-0.05, 0) is 48.9 Å². The van der Waals surface area contributed by atoms with E-state index in [1.807, 2.05) is 30.3 Å². The summed E-state index contributed by atoms with van der Waals surface area (Å²) in [4.78, 5) is 2.14. The van der Waals surface area contributed by atoms with Gasteiger partial charge in [0.15, 0.2) is 0 Å². The normalized spacial score (nSPS) is 10.4. The zero-order valence-electron chi connectivity index (χ0n) is 12.3. The first-order chi connectivity index (χ1) is 10.2. The summed E-state index contributed by atoms with van der Waals surface area (Å²) >= 11 is 0. The predicted molar refractivity (Wildman–Crippen MR) is 84.1 cm³/mol. The highest BCUT2D eigenvalue weighted by atomic mass is 19.1. The Balaban J connectivity index is 2.15. The van der Waals surface area contributed by atoms with Crippen LogP contribution in [0.3, 0.4) is 0 Å². The van der Waals surface area contributed by atoms with Gasteiger partial charge in [0.25, 0.3) is 0 Å². The number of anilines is 1. The lowest BCUT2D eigenvalue weighted by molar-refractivity contribution is 0.414. The minimum atomic E-state index is -0.222. The van der Waals surface area contributed by atoms with Crippen molar-refractivity contribution < 1.29 is 9.13 Å². The van der Waals surface area contributed by atoms with Crippen LogP contribution in [0.1, 0.15) is 12.0 Å².